The van der Waals surface area contributed by atoms with E-state index in [1.165, 1.54) is 12.8 Å². The van der Waals surface area contributed by atoms with E-state index >= 15 is 0 Å². The fraction of sp³-hybridized carbons (Fsp3) is 0.353. The summed E-state index contributed by atoms with van der Waals surface area (Å²) in [4.78, 5) is 9.57. The van der Waals surface area contributed by atoms with Crippen LogP contribution in [0.4, 0.5) is 17.3 Å². The van der Waals surface area contributed by atoms with Crippen LogP contribution in [-0.4, -0.2) is 20.2 Å². The number of hydrogen-bond donors (Lipinski definition) is 3. The molecule has 0 radical (unpaired) electrons. The summed E-state index contributed by atoms with van der Waals surface area (Å²) in [5.41, 5.74) is 8.54. The zero-order valence-corrected chi connectivity index (χ0v) is 13.1. The summed E-state index contributed by atoms with van der Waals surface area (Å²) in [5, 5.41) is 11.5. The largest absolute Gasteiger partial charge is 0.399 e. The molecule has 1 aromatic carbocycles. The molecule has 1 fully saturated rings. The molecule has 0 saturated heterocycles. The van der Waals surface area contributed by atoms with E-state index in [4.69, 9.17) is 15.7 Å². The van der Waals surface area contributed by atoms with Crippen molar-refractivity contribution in [1.29, 1.82) is 0 Å². The molecule has 118 valence electrons. The molecule has 23 heavy (non-hydrogen) atoms. The van der Waals surface area contributed by atoms with E-state index in [0.717, 1.165) is 52.6 Å². The average Bonchev–Trinajstić information content (AvgIpc) is 3.18. The highest BCUT2D eigenvalue weighted by molar-refractivity contribution is 5.92. The van der Waals surface area contributed by atoms with Crippen LogP contribution in [0.25, 0.3) is 10.9 Å². The van der Waals surface area contributed by atoms with Gasteiger partial charge in [-0.2, -0.15) is 5.10 Å². The van der Waals surface area contributed by atoms with Gasteiger partial charge < -0.3 is 11.1 Å². The van der Waals surface area contributed by atoms with Crippen molar-refractivity contribution in [1.82, 2.24) is 20.2 Å². The molecule has 0 aliphatic heterocycles. The molecule has 0 unspecified atom stereocenters. The van der Waals surface area contributed by atoms with Gasteiger partial charge in [0.05, 0.1) is 5.52 Å². The number of fused-ring (bicyclic) bond motifs is 1. The first-order chi connectivity index (χ1) is 11.2. The number of nitrogens with zero attached hydrogens (tertiary/aromatic N) is 3. The molecular weight excluding hydrogens is 288 g/mol. The van der Waals surface area contributed by atoms with E-state index in [1.807, 2.05) is 31.2 Å². The van der Waals surface area contributed by atoms with E-state index in [9.17, 15) is 0 Å². The van der Waals surface area contributed by atoms with Crippen LogP contribution >= 0.6 is 0 Å². The minimum atomic E-state index is 0.447. The number of aromatic nitrogens is 4. The average molecular weight is 308 g/mol. The molecule has 0 amide bonds. The second-order valence-electron chi connectivity index (χ2n) is 6.25. The van der Waals surface area contributed by atoms with Gasteiger partial charge in [0.25, 0.3) is 0 Å². The maximum Gasteiger partial charge on any atom is 0.153 e. The minimum Gasteiger partial charge on any atom is -0.399 e. The number of hydrogen-bond acceptors (Lipinski definition) is 5. The van der Waals surface area contributed by atoms with E-state index in [-0.39, 0.29) is 0 Å². The molecular formula is C17H20N6. The first-order valence-electron chi connectivity index (χ1n) is 8.05. The second kappa shape index (κ2) is 5.53. The summed E-state index contributed by atoms with van der Waals surface area (Å²) >= 11 is 0. The van der Waals surface area contributed by atoms with Gasteiger partial charge in [-0.15, -0.1) is 0 Å². The van der Waals surface area contributed by atoms with E-state index in [1.54, 1.807) is 0 Å². The molecule has 6 nitrogen and oxygen atoms in total. The van der Waals surface area contributed by atoms with Crippen LogP contribution in [0.1, 0.15) is 43.1 Å². The quantitative estimate of drug-likeness (QED) is 0.642. The number of aromatic amines is 1. The van der Waals surface area contributed by atoms with Gasteiger partial charge in [0.15, 0.2) is 5.82 Å². The fourth-order valence-corrected chi connectivity index (χ4v) is 3.23. The zero-order valence-electron chi connectivity index (χ0n) is 13.1. The Kier molecular flexibility index (Phi) is 3.37. The molecule has 0 bridgehead atoms. The first kappa shape index (κ1) is 14.0. The normalized spacial score (nSPS) is 15.3. The van der Waals surface area contributed by atoms with Crippen molar-refractivity contribution in [3.8, 4) is 0 Å². The molecule has 2 aromatic heterocycles. The Hall–Kier alpha value is -2.63. The van der Waals surface area contributed by atoms with Crippen LogP contribution in [-0.2, 0) is 0 Å². The minimum absolute atomic E-state index is 0.447. The summed E-state index contributed by atoms with van der Waals surface area (Å²) in [6.07, 6.45) is 4.83. The van der Waals surface area contributed by atoms with E-state index in [2.05, 4.69) is 15.5 Å². The Morgan fingerprint density at radius 2 is 2.00 bits per heavy atom. The van der Waals surface area contributed by atoms with Crippen molar-refractivity contribution in [2.75, 3.05) is 11.1 Å². The van der Waals surface area contributed by atoms with Crippen molar-refractivity contribution < 1.29 is 0 Å². The van der Waals surface area contributed by atoms with Crippen molar-refractivity contribution in [2.24, 2.45) is 0 Å². The summed E-state index contributed by atoms with van der Waals surface area (Å²) in [5.74, 6) is 2.91. The maximum absolute atomic E-state index is 5.94. The molecule has 1 aliphatic rings. The van der Waals surface area contributed by atoms with Crippen LogP contribution in [0.15, 0.2) is 24.3 Å². The number of anilines is 3. The molecule has 1 aliphatic carbocycles. The highest BCUT2D eigenvalue weighted by Gasteiger charge is 2.21. The van der Waals surface area contributed by atoms with Gasteiger partial charge in [0.1, 0.15) is 11.6 Å². The lowest BCUT2D eigenvalue weighted by Gasteiger charge is -2.13. The Balaban J connectivity index is 1.82. The van der Waals surface area contributed by atoms with Crippen molar-refractivity contribution >= 4 is 28.2 Å². The third-order valence-corrected chi connectivity index (χ3v) is 4.41. The van der Waals surface area contributed by atoms with Crippen molar-refractivity contribution in [3.63, 3.8) is 0 Å². The molecule has 3 aromatic rings. The van der Waals surface area contributed by atoms with Crippen molar-refractivity contribution in [2.45, 2.75) is 38.5 Å². The molecule has 0 spiro atoms. The zero-order chi connectivity index (χ0) is 15.8. The predicted octanol–water partition coefficient (Wildman–Crippen LogP) is 3.64. The monoisotopic (exact) mass is 308 g/mol. The van der Waals surface area contributed by atoms with Gasteiger partial charge in [-0.3, -0.25) is 5.10 Å². The number of nitrogens with two attached hydrogens (primary N) is 1. The van der Waals surface area contributed by atoms with Crippen LogP contribution in [0.5, 0.6) is 0 Å². The van der Waals surface area contributed by atoms with Crippen LogP contribution in [0, 0.1) is 6.92 Å². The van der Waals surface area contributed by atoms with Gasteiger partial charge >= 0.3 is 0 Å². The maximum atomic E-state index is 5.94. The number of H-pyrrole nitrogens is 1. The third-order valence-electron chi connectivity index (χ3n) is 4.41. The molecule has 4 rings (SSSR count). The Bertz CT molecular complexity index is 847. The van der Waals surface area contributed by atoms with Crippen LogP contribution < -0.4 is 11.1 Å². The highest BCUT2D eigenvalue weighted by Crippen LogP contribution is 2.34. The number of nitrogens with one attached hydrogen (secondary N) is 2. The van der Waals surface area contributed by atoms with E-state index in [0.29, 0.717) is 5.92 Å². The molecule has 6 heteroatoms. The van der Waals surface area contributed by atoms with Crippen LogP contribution in [0.3, 0.4) is 0 Å². The number of nitrogen functional groups attached to an aromatic ring is 1. The topological polar surface area (TPSA) is 92.5 Å². The van der Waals surface area contributed by atoms with Crippen LogP contribution in [0.2, 0.25) is 0 Å². The Morgan fingerprint density at radius 1 is 1.17 bits per heavy atom. The van der Waals surface area contributed by atoms with Gasteiger partial charge in [-0.1, -0.05) is 12.8 Å². The Labute approximate surface area is 134 Å². The molecule has 0 atom stereocenters. The van der Waals surface area contributed by atoms with Gasteiger partial charge in [0, 0.05) is 28.8 Å². The first-order valence-corrected chi connectivity index (χ1v) is 8.05. The number of rotatable bonds is 3. The lowest BCUT2D eigenvalue weighted by Crippen LogP contribution is -2.05. The predicted molar refractivity (Wildman–Crippen MR) is 91.8 cm³/mol. The smallest absolute Gasteiger partial charge is 0.153 e. The summed E-state index contributed by atoms with van der Waals surface area (Å²) in [6, 6.07) is 7.71. The Morgan fingerprint density at radius 3 is 2.74 bits per heavy atom. The van der Waals surface area contributed by atoms with E-state index < -0.39 is 0 Å². The standard InChI is InChI=1S/C17H20N6/c1-10-8-15(23-22-10)20-17-13-7-6-12(18)9-14(13)19-16(21-17)11-4-2-3-5-11/h6-9,11H,2-5,18H2,1H3,(H2,19,20,21,22,23). The molecule has 4 N–H and O–H groups in total. The summed E-state index contributed by atoms with van der Waals surface area (Å²) < 4.78 is 0. The number of benzene rings is 1. The summed E-state index contributed by atoms with van der Waals surface area (Å²) in [7, 11) is 0. The third kappa shape index (κ3) is 2.72. The second-order valence-corrected chi connectivity index (χ2v) is 6.25. The lowest BCUT2D eigenvalue weighted by atomic mass is 10.1. The highest BCUT2D eigenvalue weighted by atomic mass is 15.2. The van der Waals surface area contributed by atoms with Crippen molar-refractivity contribution in [3.05, 3.63) is 35.8 Å². The lowest BCUT2D eigenvalue weighted by molar-refractivity contribution is 0.673. The SMILES string of the molecule is Cc1cc(Nc2nc(C3CCCC3)nc3cc(N)ccc23)n[nH]1. The summed E-state index contributed by atoms with van der Waals surface area (Å²) in [6.45, 7) is 1.97. The van der Waals surface area contributed by atoms with Gasteiger partial charge in [-0.25, -0.2) is 9.97 Å². The van der Waals surface area contributed by atoms with Gasteiger partial charge in [0.2, 0.25) is 0 Å². The molecule has 1 saturated carbocycles. The fourth-order valence-electron chi connectivity index (χ4n) is 3.23. The van der Waals surface area contributed by atoms with Gasteiger partial charge in [-0.05, 0) is 38.0 Å². The molecule has 2 heterocycles. The number of aryl methyl sites for hydroxylation is 1.